The first-order chi connectivity index (χ1) is 10.5. The first kappa shape index (κ1) is 15.4. The summed E-state index contributed by atoms with van der Waals surface area (Å²) in [6.07, 6.45) is 2.46. The number of hydrogen-bond acceptors (Lipinski definition) is 3. The highest BCUT2D eigenvalue weighted by molar-refractivity contribution is 7.91. The molecular formula is C17H18ClNO2S. The van der Waals surface area contributed by atoms with Crippen LogP contribution in [0.15, 0.2) is 47.4 Å². The molecule has 1 aliphatic carbocycles. The van der Waals surface area contributed by atoms with Crippen LogP contribution in [0.25, 0.3) is 0 Å². The number of hydrogen-bond donors (Lipinski definition) is 1. The van der Waals surface area contributed by atoms with E-state index in [-0.39, 0.29) is 0 Å². The summed E-state index contributed by atoms with van der Waals surface area (Å²) in [5.41, 5.74) is 2.98. The van der Waals surface area contributed by atoms with E-state index < -0.39 is 15.1 Å². The monoisotopic (exact) mass is 335 g/mol. The quantitative estimate of drug-likeness (QED) is 0.912. The molecule has 1 atom stereocenters. The predicted molar refractivity (Wildman–Crippen MR) is 90.3 cm³/mol. The second-order valence-electron chi connectivity index (χ2n) is 5.55. The largest absolute Gasteiger partial charge is 0.388 e. The average Bonchev–Trinajstić information content (AvgIpc) is 2.53. The van der Waals surface area contributed by atoms with Gasteiger partial charge in [0.1, 0.15) is 0 Å². The van der Waals surface area contributed by atoms with E-state index in [0.717, 1.165) is 29.7 Å². The first-order valence-corrected chi connectivity index (χ1v) is 9.25. The SMILES string of the molecule is CNc1ccc2c(c1)C(S(=O)(=O)c1cccc(Cl)c1)CCC2. The van der Waals surface area contributed by atoms with Crippen LogP contribution in [0.1, 0.15) is 29.2 Å². The molecule has 0 amide bonds. The zero-order valence-electron chi connectivity index (χ0n) is 12.3. The van der Waals surface area contributed by atoms with Crippen LogP contribution in [0, 0.1) is 0 Å². The number of anilines is 1. The van der Waals surface area contributed by atoms with Crippen molar-refractivity contribution in [3.8, 4) is 0 Å². The second kappa shape index (κ2) is 5.94. The van der Waals surface area contributed by atoms with E-state index in [0.29, 0.717) is 16.3 Å². The van der Waals surface area contributed by atoms with Crippen LogP contribution >= 0.6 is 11.6 Å². The lowest BCUT2D eigenvalue weighted by Crippen LogP contribution is -2.19. The fraction of sp³-hybridized carbons (Fsp3) is 0.294. The smallest absolute Gasteiger partial charge is 0.185 e. The number of sulfone groups is 1. The van der Waals surface area contributed by atoms with Crippen LogP contribution in [0.5, 0.6) is 0 Å². The molecule has 0 heterocycles. The summed E-state index contributed by atoms with van der Waals surface area (Å²) in [5, 5.41) is 3.03. The number of halogens is 1. The van der Waals surface area contributed by atoms with Gasteiger partial charge in [0.2, 0.25) is 0 Å². The molecule has 0 spiro atoms. The van der Waals surface area contributed by atoms with Gasteiger partial charge in [-0.15, -0.1) is 0 Å². The van der Waals surface area contributed by atoms with Crippen molar-refractivity contribution in [2.24, 2.45) is 0 Å². The standard InChI is InChI=1S/C17H18ClNO2S/c1-19-14-9-8-12-4-2-7-17(16(12)11-14)22(20,21)15-6-3-5-13(18)10-15/h3,5-6,8-11,17,19H,2,4,7H2,1H3. The molecule has 0 fully saturated rings. The van der Waals surface area contributed by atoms with E-state index in [4.69, 9.17) is 11.6 Å². The Bertz CT molecular complexity index is 802. The Hall–Kier alpha value is -1.52. The van der Waals surface area contributed by atoms with Crippen molar-refractivity contribution in [2.75, 3.05) is 12.4 Å². The summed E-state index contributed by atoms with van der Waals surface area (Å²) in [7, 11) is -1.60. The van der Waals surface area contributed by atoms with Crippen LogP contribution in [-0.2, 0) is 16.3 Å². The van der Waals surface area contributed by atoms with E-state index in [1.165, 1.54) is 6.07 Å². The number of aryl methyl sites for hydroxylation is 1. The summed E-state index contributed by atoms with van der Waals surface area (Å²) in [5.74, 6) is 0. The molecule has 0 saturated carbocycles. The Morgan fingerprint density at radius 3 is 2.73 bits per heavy atom. The molecule has 1 unspecified atom stereocenters. The molecule has 116 valence electrons. The van der Waals surface area contributed by atoms with Gasteiger partial charge < -0.3 is 5.32 Å². The molecule has 3 nitrogen and oxygen atoms in total. The van der Waals surface area contributed by atoms with Gasteiger partial charge in [-0.25, -0.2) is 8.42 Å². The summed E-state index contributed by atoms with van der Waals surface area (Å²) < 4.78 is 26.0. The normalized spacial score (nSPS) is 17.8. The van der Waals surface area contributed by atoms with E-state index in [2.05, 4.69) is 5.32 Å². The zero-order valence-corrected chi connectivity index (χ0v) is 13.9. The van der Waals surface area contributed by atoms with Crippen molar-refractivity contribution in [3.63, 3.8) is 0 Å². The van der Waals surface area contributed by atoms with Crippen molar-refractivity contribution >= 4 is 27.1 Å². The van der Waals surface area contributed by atoms with Crippen molar-refractivity contribution in [1.29, 1.82) is 0 Å². The van der Waals surface area contributed by atoms with Crippen LogP contribution in [0.4, 0.5) is 5.69 Å². The number of benzene rings is 2. The van der Waals surface area contributed by atoms with Gasteiger partial charge in [0.15, 0.2) is 9.84 Å². The fourth-order valence-corrected chi connectivity index (χ4v) is 5.22. The van der Waals surface area contributed by atoms with Gasteiger partial charge in [-0.3, -0.25) is 0 Å². The Balaban J connectivity index is 2.10. The molecule has 22 heavy (non-hydrogen) atoms. The van der Waals surface area contributed by atoms with E-state index >= 15 is 0 Å². The summed E-state index contributed by atoms with van der Waals surface area (Å²) >= 11 is 5.96. The molecule has 0 bridgehead atoms. The minimum Gasteiger partial charge on any atom is -0.388 e. The van der Waals surface area contributed by atoms with Crippen LogP contribution in [-0.4, -0.2) is 15.5 Å². The molecule has 2 aromatic rings. The number of rotatable bonds is 3. The van der Waals surface area contributed by atoms with Crippen molar-refractivity contribution in [1.82, 2.24) is 0 Å². The lowest BCUT2D eigenvalue weighted by Gasteiger charge is -2.26. The maximum absolute atomic E-state index is 13.0. The molecule has 0 aliphatic heterocycles. The highest BCUT2D eigenvalue weighted by Gasteiger charge is 2.33. The molecule has 0 radical (unpaired) electrons. The molecule has 0 saturated heterocycles. The minimum atomic E-state index is -3.44. The van der Waals surface area contributed by atoms with Crippen LogP contribution in [0.3, 0.4) is 0 Å². The van der Waals surface area contributed by atoms with E-state index in [1.54, 1.807) is 18.2 Å². The second-order valence-corrected chi connectivity index (χ2v) is 8.11. The Morgan fingerprint density at radius 1 is 1.18 bits per heavy atom. The van der Waals surface area contributed by atoms with Gasteiger partial charge >= 0.3 is 0 Å². The average molecular weight is 336 g/mol. The minimum absolute atomic E-state index is 0.299. The van der Waals surface area contributed by atoms with Gasteiger partial charge in [-0.2, -0.15) is 0 Å². The Morgan fingerprint density at radius 2 is 2.00 bits per heavy atom. The van der Waals surface area contributed by atoms with Gasteiger partial charge in [0.05, 0.1) is 10.1 Å². The van der Waals surface area contributed by atoms with Gasteiger partial charge in [-0.1, -0.05) is 23.7 Å². The summed E-state index contributed by atoms with van der Waals surface area (Å²) in [4.78, 5) is 0.299. The van der Waals surface area contributed by atoms with E-state index in [1.807, 2.05) is 25.2 Å². The molecule has 1 aliphatic rings. The Labute approximate surface area is 136 Å². The predicted octanol–water partition coefficient (Wildman–Crippen LogP) is 4.23. The van der Waals surface area contributed by atoms with Crippen LogP contribution in [0.2, 0.25) is 5.02 Å². The Kier molecular flexibility index (Phi) is 4.15. The van der Waals surface area contributed by atoms with Crippen LogP contribution < -0.4 is 5.32 Å². The maximum Gasteiger partial charge on any atom is 0.185 e. The number of fused-ring (bicyclic) bond motifs is 1. The third kappa shape index (κ3) is 2.73. The summed E-state index contributed by atoms with van der Waals surface area (Å²) in [6.45, 7) is 0. The van der Waals surface area contributed by atoms with Crippen molar-refractivity contribution < 1.29 is 8.42 Å². The topological polar surface area (TPSA) is 46.2 Å². The number of nitrogens with one attached hydrogen (secondary N) is 1. The molecular weight excluding hydrogens is 318 g/mol. The van der Waals surface area contributed by atoms with E-state index in [9.17, 15) is 8.42 Å². The highest BCUT2D eigenvalue weighted by Crippen LogP contribution is 2.40. The van der Waals surface area contributed by atoms with Gasteiger partial charge in [0, 0.05) is 17.8 Å². The lowest BCUT2D eigenvalue weighted by atomic mass is 9.91. The third-order valence-corrected chi connectivity index (χ3v) is 6.58. The van der Waals surface area contributed by atoms with Gasteiger partial charge in [0.25, 0.3) is 0 Å². The third-order valence-electron chi connectivity index (χ3n) is 4.19. The molecule has 5 heteroatoms. The molecule has 1 N–H and O–H groups in total. The fourth-order valence-electron chi connectivity index (χ4n) is 3.04. The molecule has 0 aromatic heterocycles. The first-order valence-electron chi connectivity index (χ1n) is 7.32. The van der Waals surface area contributed by atoms with Crippen molar-refractivity contribution in [3.05, 3.63) is 58.6 Å². The summed E-state index contributed by atoms with van der Waals surface area (Å²) in [6, 6.07) is 12.5. The maximum atomic E-state index is 13.0. The van der Waals surface area contributed by atoms with Crippen molar-refractivity contribution in [2.45, 2.75) is 29.4 Å². The molecule has 3 rings (SSSR count). The lowest BCUT2D eigenvalue weighted by molar-refractivity contribution is 0.560. The highest BCUT2D eigenvalue weighted by atomic mass is 35.5. The zero-order chi connectivity index (χ0) is 15.7. The van der Waals surface area contributed by atoms with Gasteiger partial charge in [-0.05, 0) is 60.7 Å². The molecule has 2 aromatic carbocycles.